The summed E-state index contributed by atoms with van der Waals surface area (Å²) in [6, 6.07) is 9.24. The van der Waals surface area contributed by atoms with Crippen LogP contribution >= 0.6 is 11.6 Å². The number of nitrogens with zero attached hydrogens (tertiary/aromatic N) is 5. The lowest BCUT2D eigenvalue weighted by molar-refractivity contribution is -0.131. The van der Waals surface area contributed by atoms with Gasteiger partial charge in [-0.05, 0) is 25.2 Å². The summed E-state index contributed by atoms with van der Waals surface area (Å²) >= 11 is 6.04. The van der Waals surface area contributed by atoms with Gasteiger partial charge in [-0.25, -0.2) is 9.97 Å². The molecule has 1 saturated heterocycles. The standard InChI is InChI=1S/C18H22ClN5O/c1-22-8-10-24(11-9-22)17(25)13-23(2)16-6-7-20-18(21-16)14-4-3-5-15(19)12-14/h3-7,12H,8-11,13H2,1-2H3. The summed E-state index contributed by atoms with van der Waals surface area (Å²) in [4.78, 5) is 27.4. The second-order valence-corrected chi connectivity index (χ2v) is 6.73. The number of likely N-dealkylation sites (N-methyl/N-ethyl adjacent to an activating group) is 2. The Balaban J connectivity index is 1.69. The molecule has 1 aliphatic rings. The first-order valence-electron chi connectivity index (χ1n) is 8.29. The lowest BCUT2D eigenvalue weighted by Crippen LogP contribution is -2.49. The van der Waals surface area contributed by atoms with Crippen LogP contribution < -0.4 is 4.90 Å². The fourth-order valence-corrected chi connectivity index (χ4v) is 2.96. The van der Waals surface area contributed by atoms with Crippen molar-refractivity contribution in [3.8, 4) is 11.4 Å². The van der Waals surface area contributed by atoms with Crippen molar-refractivity contribution in [3.63, 3.8) is 0 Å². The Bertz CT molecular complexity index is 746. The first-order valence-corrected chi connectivity index (χ1v) is 8.67. The molecule has 0 radical (unpaired) electrons. The second kappa shape index (κ2) is 7.80. The Labute approximate surface area is 153 Å². The maximum Gasteiger partial charge on any atom is 0.242 e. The van der Waals surface area contributed by atoms with Gasteiger partial charge in [0.05, 0.1) is 6.54 Å². The summed E-state index contributed by atoms with van der Waals surface area (Å²) in [6.45, 7) is 3.70. The summed E-state index contributed by atoms with van der Waals surface area (Å²) in [6.07, 6.45) is 1.70. The summed E-state index contributed by atoms with van der Waals surface area (Å²) < 4.78 is 0. The number of aromatic nitrogens is 2. The van der Waals surface area contributed by atoms with Gasteiger partial charge in [-0.1, -0.05) is 23.7 Å². The minimum Gasteiger partial charge on any atom is -0.350 e. The predicted octanol–water partition coefficient (Wildman–Crippen LogP) is 2.01. The Morgan fingerprint density at radius 2 is 2.00 bits per heavy atom. The molecule has 0 N–H and O–H groups in total. The van der Waals surface area contributed by atoms with Gasteiger partial charge in [0.1, 0.15) is 5.82 Å². The van der Waals surface area contributed by atoms with E-state index in [0.29, 0.717) is 23.2 Å². The SMILES string of the molecule is CN1CCN(C(=O)CN(C)c2ccnc(-c3cccc(Cl)c3)n2)CC1. The molecule has 1 aromatic heterocycles. The zero-order valence-electron chi connectivity index (χ0n) is 14.5. The molecule has 0 bridgehead atoms. The number of anilines is 1. The molecule has 1 amide bonds. The molecule has 0 unspecified atom stereocenters. The van der Waals surface area contributed by atoms with Crippen molar-refractivity contribution in [2.45, 2.75) is 0 Å². The molecule has 0 aliphatic carbocycles. The molecule has 6 nitrogen and oxygen atoms in total. The third kappa shape index (κ3) is 4.46. The normalized spacial score (nSPS) is 15.2. The molecule has 0 spiro atoms. The molecule has 1 aromatic carbocycles. The van der Waals surface area contributed by atoms with Gasteiger partial charge in [-0.2, -0.15) is 0 Å². The van der Waals surface area contributed by atoms with E-state index in [1.54, 1.807) is 6.20 Å². The second-order valence-electron chi connectivity index (χ2n) is 6.29. The van der Waals surface area contributed by atoms with Gasteiger partial charge in [0.2, 0.25) is 5.91 Å². The van der Waals surface area contributed by atoms with E-state index < -0.39 is 0 Å². The molecule has 7 heteroatoms. The molecule has 0 atom stereocenters. The average Bonchev–Trinajstić information content (AvgIpc) is 2.62. The number of halogens is 1. The van der Waals surface area contributed by atoms with Crippen molar-refractivity contribution < 1.29 is 4.79 Å². The van der Waals surface area contributed by atoms with Crippen LogP contribution in [0.1, 0.15) is 0 Å². The zero-order chi connectivity index (χ0) is 17.8. The lowest BCUT2D eigenvalue weighted by Gasteiger charge is -2.33. The summed E-state index contributed by atoms with van der Waals surface area (Å²) in [5.41, 5.74) is 0.855. The smallest absolute Gasteiger partial charge is 0.242 e. The molecule has 1 fully saturated rings. The van der Waals surface area contributed by atoms with Crippen LogP contribution in [-0.4, -0.2) is 72.5 Å². The summed E-state index contributed by atoms with van der Waals surface area (Å²) in [7, 11) is 3.95. The Kier molecular flexibility index (Phi) is 5.50. The predicted molar refractivity (Wildman–Crippen MR) is 99.8 cm³/mol. The number of carbonyl (C=O) groups excluding carboxylic acids is 1. The van der Waals surface area contributed by atoms with E-state index in [2.05, 4.69) is 21.9 Å². The van der Waals surface area contributed by atoms with Gasteiger partial charge in [-0.15, -0.1) is 0 Å². The van der Waals surface area contributed by atoms with E-state index in [9.17, 15) is 4.79 Å². The first-order chi connectivity index (χ1) is 12.0. The van der Waals surface area contributed by atoms with Crippen molar-refractivity contribution in [1.29, 1.82) is 0 Å². The third-order valence-electron chi connectivity index (χ3n) is 4.34. The van der Waals surface area contributed by atoms with Crippen LogP contribution in [0.5, 0.6) is 0 Å². The van der Waals surface area contributed by atoms with Crippen LogP contribution in [-0.2, 0) is 4.79 Å². The number of piperazine rings is 1. The molecule has 132 valence electrons. The molecule has 1 aliphatic heterocycles. The third-order valence-corrected chi connectivity index (χ3v) is 4.58. The van der Waals surface area contributed by atoms with Gasteiger partial charge >= 0.3 is 0 Å². The first kappa shape index (κ1) is 17.6. The molecular weight excluding hydrogens is 338 g/mol. The lowest BCUT2D eigenvalue weighted by atomic mass is 10.2. The minimum atomic E-state index is 0.124. The molecule has 2 aromatic rings. The summed E-state index contributed by atoms with van der Waals surface area (Å²) in [5, 5.41) is 0.644. The number of rotatable bonds is 4. The van der Waals surface area contributed by atoms with E-state index in [-0.39, 0.29) is 5.91 Å². The number of benzene rings is 1. The number of hydrogen-bond donors (Lipinski definition) is 0. The quantitative estimate of drug-likeness (QED) is 0.835. The van der Waals surface area contributed by atoms with Crippen molar-refractivity contribution in [2.24, 2.45) is 0 Å². The monoisotopic (exact) mass is 359 g/mol. The van der Waals surface area contributed by atoms with E-state index in [4.69, 9.17) is 11.6 Å². The number of hydrogen-bond acceptors (Lipinski definition) is 5. The van der Waals surface area contributed by atoms with Gasteiger partial charge in [0.25, 0.3) is 0 Å². The highest BCUT2D eigenvalue weighted by Gasteiger charge is 2.20. The molecule has 0 saturated carbocycles. The maximum absolute atomic E-state index is 12.5. The van der Waals surface area contributed by atoms with Crippen LogP contribution in [0.15, 0.2) is 36.5 Å². The highest BCUT2D eigenvalue weighted by atomic mass is 35.5. The van der Waals surface area contributed by atoms with Crippen LogP contribution in [0.2, 0.25) is 5.02 Å². The van der Waals surface area contributed by atoms with E-state index in [1.165, 1.54) is 0 Å². The fraction of sp³-hybridized carbons (Fsp3) is 0.389. The topological polar surface area (TPSA) is 52.6 Å². The minimum absolute atomic E-state index is 0.124. The highest BCUT2D eigenvalue weighted by molar-refractivity contribution is 6.30. The number of amides is 1. The summed E-state index contributed by atoms with van der Waals surface area (Å²) in [5.74, 6) is 1.44. The van der Waals surface area contributed by atoms with E-state index >= 15 is 0 Å². The number of carbonyl (C=O) groups is 1. The Morgan fingerprint density at radius 1 is 1.24 bits per heavy atom. The fourth-order valence-electron chi connectivity index (χ4n) is 2.77. The van der Waals surface area contributed by atoms with Gasteiger partial charge < -0.3 is 14.7 Å². The maximum atomic E-state index is 12.5. The molecular formula is C18H22ClN5O. The van der Waals surface area contributed by atoms with Gasteiger partial charge in [-0.3, -0.25) is 4.79 Å². The van der Waals surface area contributed by atoms with Crippen LogP contribution in [0.4, 0.5) is 5.82 Å². The van der Waals surface area contributed by atoms with Gasteiger partial charge in [0.15, 0.2) is 5.82 Å². The highest BCUT2D eigenvalue weighted by Crippen LogP contribution is 2.21. The average molecular weight is 360 g/mol. The van der Waals surface area contributed by atoms with E-state index in [1.807, 2.05) is 47.2 Å². The largest absolute Gasteiger partial charge is 0.350 e. The van der Waals surface area contributed by atoms with Crippen LogP contribution in [0.3, 0.4) is 0 Å². The molecule has 3 rings (SSSR count). The molecule has 2 heterocycles. The Hall–Kier alpha value is -2.18. The van der Waals surface area contributed by atoms with Crippen molar-refractivity contribution in [2.75, 3.05) is 51.7 Å². The van der Waals surface area contributed by atoms with Crippen molar-refractivity contribution in [3.05, 3.63) is 41.6 Å². The van der Waals surface area contributed by atoms with Crippen molar-refractivity contribution in [1.82, 2.24) is 19.8 Å². The zero-order valence-corrected chi connectivity index (χ0v) is 15.3. The Morgan fingerprint density at radius 3 is 2.72 bits per heavy atom. The van der Waals surface area contributed by atoms with E-state index in [0.717, 1.165) is 31.7 Å². The van der Waals surface area contributed by atoms with Gasteiger partial charge in [0, 0.05) is 50.0 Å². The molecule has 25 heavy (non-hydrogen) atoms. The van der Waals surface area contributed by atoms with Crippen LogP contribution in [0, 0.1) is 0 Å². The van der Waals surface area contributed by atoms with Crippen molar-refractivity contribution >= 4 is 23.3 Å². The van der Waals surface area contributed by atoms with Crippen LogP contribution in [0.25, 0.3) is 11.4 Å².